The van der Waals surface area contributed by atoms with E-state index < -0.39 is 11.6 Å². The Kier molecular flexibility index (Phi) is 4.04. The van der Waals surface area contributed by atoms with Crippen LogP contribution in [0.15, 0.2) is 22.9 Å². The number of amides is 1. The second-order valence-corrected chi connectivity index (χ2v) is 5.16. The van der Waals surface area contributed by atoms with Crippen molar-refractivity contribution in [3.05, 3.63) is 28.5 Å². The fourth-order valence-electron chi connectivity index (χ4n) is 1.01. The van der Waals surface area contributed by atoms with Gasteiger partial charge < -0.3 is 10.4 Å². The van der Waals surface area contributed by atoms with Crippen LogP contribution in [-0.4, -0.2) is 27.6 Å². The Balaban J connectivity index is 2.81. The van der Waals surface area contributed by atoms with Gasteiger partial charge in [-0.2, -0.15) is 0 Å². The molecule has 88 valence electrons. The van der Waals surface area contributed by atoms with Crippen LogP contribution in [0.5, 0.6) is 0 Å². The molecule has 2 N–H and O–H groups in total. The highest BCUT2D eigenvalue weighted by atomic mass is 79.9. The number of hydrogen-bond acceptors (Lipinski definition) is 3. The Morgan fingerprint density at radius 3 is 2.69 bits per heavy atom. The standard InChI is InChI=1S/C11H15BrN2O2/c1-7(15)11(2,3)14-10(16)8-4-9(12)6-13-5-8/h4-7,15H,1-3H3,(H,14,16). The van der Waals surface area contributed by atoms with Crippen molar-refractivity contribution in [3.8, 4) is 0 Å². The first kappa shape index (κ1) is 13.1. The van der Waals surface area contributed by atoms with Crippen LogP contribution < -0.4 is 5.32 Å². The van der Waals surface area contributed by atoms with Gasteiger partial charge in [-0.25, -0.2) is 0 Å². The highest BCUT2D eigenvalue weighted by Gasteiger charge is 2.26. The predicted octanol–water partition coefficient (Wildman–Crippen LogP) is 1.73. The first-order valence-electron chi connectivity index (χ1n) is 4.94. The Hall–Kier alpha value is -0.940. The van der Waals surface area contributed by atoms with Crippen molar-refractivity contribution in [2.75, 3.05) is 0 Å². The lowest BCUT2D eigenvalue weighted by molar-refractivity contribution is 0.0709. The van der Waals surface area contributed by atoms with E-state index >= 15 is 0 Å². The fourth-order valence-corrected chi connectivity index (χ4v) is 1.37. The molecule has 1 unspecified atom stereocenters. The quantitative estimate of drug-likeness (QED) is 0.890. The Morgan fingerprint density at radius 1 is 1.56 bits per heavy atom. The summed E-state index contributed by atoms with van der Waals surface area (Å²) >= 11 is 3.25. The van der Waals surface area contributed by atoms with Crippen LogP contribution in [0.3, 0.4) is 0 Å². The van der Waals surface area contributed by atoms with E-state index in [1.807, 2.05) is 0 Å². The molecule has 0 aliphatic heterocycles. The topological polar surface area (TPSA) is 62.2 Å². The maximum absolute atomic E-state index is 11.8. The van der Waals surface area contributed by atoms with Gasteiger partial charge in [0.15, 0.2) is 0 Å². The van der Waals surface area contributed by atoms with Crippen molar-refractivity contribution < 1.29 is 9.90 Å². The molecule has 0 bridgehead atoms. The van der Waals surface area contributed by atoms with Gasteiger partial charge in [0.1, 0.15) is 0 Å². The number of nitrogens with zero attached hydrogens (tertiary/aromatic N) is 1. The van der Waals surface area contributed by atoms with Crippen molar-refractivity contribution in [3.63, 3.8) is 0 Å². The smallest absolute Gasteiger partial charge is 0.253 e. The van der Waals surface area contributed by atoms with E-state index in [1.54, 1.807) is 33.0 Å². The molecule has 1 amide bonds. The molecular weight excluding hydrogens is 272 g/mol. The van der Waals surface area contributed by atoms with E-state index in [0.717, 1.165) is 4.47 Å². The second-order valence-electron chi connectivity index (χ2n) is 4.24. The Bertz CT molecular complexity index is 391. The molecule has 0 aliphatic rings. The van der Waals surface area contributed by atoms with E-state index in [1.165, 1.54) is 6.20 Å². The third-order valence-corrected chi connectivity index (χ3v) is 2.88. The van der Waals surface area contributed by atoms with Gasteiger partial charge in [-0.05, 0) is 42.8 Å². The zero-order valence-electron chi connectivity index (χ0n) is 9.49. The molecule has 0 saturated carbocycles. The first-order chi connectivity index (χ1) is 7.33. The number of halogens is 1. The Labute approximate surface area is 103 Å². The molecule has 0 radical (unpaired) electrons. The molecule has 0 spiro atoms. The number of nitrogens with one attached hydrogen (secondary N) is 1. The van der Waals surface area contributed by atoms with Crippen LogP contribution in [0.1, 0.15) is 31.1 Å². The van der Waals surface area contributed by atoms with Crippen LogP contribution >= 0.6 is 15.9 Å². The van der Waals surface area contributed by atoms with Crippen LogP contribution in [0.25, 0.3) is 0 Å². The first-order valence-corrected chi connectivity index (χ1v) is 5.73. The van der Waals surface area contributed by atoms with Gasteiger partial charge in [0.2, 0.25) is 0 Å². The monoisotopic (exact) mass is 286 g/mol. The lowest BCUT2D eigenvalue weighted by Gasteiger charge is -2.29. The van der Waals surface area contributed by atoms with Crippen molar-refractivity contribution in [1.29, 1.82) is 0 Å². The summed E-state index contributed by atoms with van der Waals surface area (Å²) in [6.45, 7) is 5.17. The number of carbonyl (C=O) groups is 1. The van der Waals surface area contributed by atoms with E-state index in [2.05, 4.69) is 26.2 Å². The number of pyridine rings is 1. The van der Waals surface area contributed by atoms with Crippen LogP contribution in [0.2, 0.25) is 0 Å². The molecule has 1 rings (SSSR count). The summed E-state index contributed by atoms with van der Waals surface area (Å²) in [5.74, 6) is -0.250. The van der Waals surface area contributed by atoms with E-state index in [4.69, 9.17) is 0 Å². The van der Waals surface area contributed by atoms with E-state index in [9.17, 15) is 9.90 Å². The summed E-state index contributed by atoms with van der Waals surface area (Å²) < 4.78 is 0.745. The maximum atomic E-state index is 11.8. The van der Waals surface area contributed by atoms with E-state index in [-0.39, 0.29) is 5.91 Å². The molecule has 5 heteroatoms. The molecule has 1 aromatic rings. The summed E-state index contributed by atoms with van der Waals surface area (Å²) in [7, 11) is 0. The molecule has 16 heavy (non-hydrogen) atoms. The molecular formula is C11H15BrN2O2. The molecule has 4 nitrogen and oxygen atoms in total. The predicted molar refractivity (Wildman–Crippen MR) is 65.2 cm³/mol. The average molecular weight is 287 g/mol. The number of carbonyl (C=O) groups excluding carboxylic acids is 1. The molecule has 0 saturated heterocycles. The van der Waals surface area contributed by atoms with Gasteiger partial charge in [-0.15, -0.1) is 0 Å². The normalized spacial score (nSPS) is 13.3. The minimum Gasteiger partial charge on any atom is -0.391 e. The van der Waals surface area contributed by atoms with Gasteiger partial charge in [0.05, 0.1) is 17.2 Å². The highest BCUT2D eigenvalue weighted by molar-refractivity contribution is 9.10. The third kappa shape index (κ3) is 3.28. The average Bonchev–Trinajstić information content (AvgIpc) is 2.16. The lowest BCUT2D eigenvalue weighted by atomic mass is 9.98. The molecule has 0 fully saturated rings. The Morgan fingerprint density at radius 2 is 2.19 bits per heavy atom. The molecule has 1 atom stereocenters. The summed E-state index contributed by atoms with van der Waals surface area (Å²) in [5, 5.41) is 12.2. The molecule has 1 heterocycles. The zero-order valence-corrected chi connectivity index (χ0v) is 11.1. The largest absolute Gasteiger partial charge is 0.391 e. The molecule has 1 aromatic heterocycles. The summed E-state index contributed by atoms with van der Waals surface area (Å²) in [6.07, 6.45) is 2.46. The third-order valence-electron chi connectivity index (χ3n) is 2.45. The van der Waals surface area contributed by atoms with Gasteiger partial charge in [0.25, 0.3) is 5.91 Å². The van der Waals surface area contributed by atoms with E-state index in [0.29, 0.717) is 5.56 Å². The molecule has 0 aromatic carbocycles. The van der Waals surface area contributed by atoms with Gasteiger partial charge in [-0.3, -0.25) is 9.78 Å². The summed E-state index contributed by atoms with van der Waals surface area (Å²) in [4.78, 5) is 15.7. The van der Waals surface area contributed by atoms with Crippen LogP contribution in [-0.2, 0) is 0 Å². The number of aliphatic hydroxyl groups is 1. The lowest BCUT2D eigenvalue weighted by Crippen LogP contribution is -2.51. The number of rotatable bonds is 3. The minimum atomic E-state index is -0.667. The van der Waals surface area contributed by atoms with Crippen molar-refractivity contribution >= 4 is 21.8 Å². The summed E-state index contributed by atoms with van der Waals surface area (Å²) in [5.41, 5.74) is -0.206. The van der Waals surface area contributed by atoms with Crippen molar-refractivity contribution in [1.82, 2.24) is 10.3 Å². The summed E-state index contributed by atoms with van der Waals surface area (Å²) in [6, 6.07) is 1.68. The van der Waals surface area contributed by atoms with Crippen molar-refractivity contribution in [2.24, 2.45) is 0 Å². The van der Waals surface area contributed by atoms with Gasteiger partial charge >= 0.3 is 0 Å². The number of aliphatic hydroxyl groups excluding tert-OH is 1. The van der Waals surface area contributed by atoms with Crippen LogP contribution in [0.4, 0.5) is 0 Å². The fraction of sp³-hybridized carbons (Fsp3) is 0.455. The highest BCUT2D eigenvalue weighted by Crippen LogP contribution is 2.13. The maximum Gasteiger partial charge on any atom is 0.253 e. The van der Waals surface area contributed by atoms with Gasteiger partial charge in [-0.1, -0.05) is 0 Å². The van der Waals surface area contributed by atoms with Gasteiger partial charge in [0, 0.05) is 16.9 Å². The SMILES string of the molecule is CC(O)C(C)(C)NC(=O)c1cncc(Br)c1. The number of aromatic nitrogens is 1. The second kappa shape index (κ2) is 4.93. The minimum absolute atomic E-state index is 0.250. The zero-order chi connectivity index (χ0) is 12.3. The molecule has 0 aliphatic carbocycles. The number of hydrogen-bond donors (Lipinski definition) is 2. The van der Waals surface area contributed by atoms with Crippen LogP contribution in [0, 0.1) is 0 Å². The van der Waals surface area contributed by atoms with Crippen molar-refractivity contribution in [2.45, 2.75) is 32.4 Å².